The van der Waals surface area contributed by atoms with Gasteiger partial charge < -0.3 is 15.0 Å². The van der Waals surface area contributed by atoms with E-state index in [0.717, 1.165) is 37.9 Å². The van der Waals surface area contributed by atoms with Gasteiger partial charge in [0.15, 0.2) is 5.13 Å². The lowest BCUT2D eigenvalue weighted by atomic mass is 9.78. The van der Waals surface area contributed by atoms with Crippen LogP contribution in [0, 0.1) is 11.8 Å². The number of ether oxygens (including phenoxy) is 1. The third-order valence-corrected chi connectivity index (χ3v) is 7.24. The Labute approximate surface area is 187 Å². The lowest BCUT2D eigenvalue weighted by molar-refractivity contribution is -0.129. The van der Waals surface area contributed by atoms with E-state index in [2.05, 4.69) is 10.3 Å². The number of carbonyl (C=O) groups excluding carboxylic acids is 3. The predicted octanol–water partition coefficient (Wildman–Crippen LogP) is 2.96. The van der Waals surface area contributed by atoms with Gasteiger partial charge in [0.25, 0.3) is 0 Å². The molecule has 1 aromatic rings. The molecule has 3 heterocycles. The fraction of sp³-hybridized carbons (Fsp3) is 0.727. The van der Waals surface area contributed by atoms with Crippen LogP contribution in [0.4, 0.5) is 9.93 Å². The summed E-state index contributed by atoms with van der Waals surface area (Å²) in [5, 5.41) is 5.63. The number of carbonyl (C=O) groups is 3. The molecule has 3 fully saturated rings. The summed E-state index contributed by atoms with van der Waals surface area (Å²) < 4.78 is 5.43. The number of thiazole rings is 1. The topological polar surface area (TPSA) is 91.8 Å². The number of rotatable bonds is 4. The van der Waals surface area contributed by atoms with E-state index in [1.165, 1.54) is 11.3 Å². The average Bonchev–Trinajstić information content (AvgIpc) is 3.39. The van der Waals surface area contributed by atoms with E-state index in [1.807, 2.05) is 31.1 Å². The minimum absolute atomic E-state index is 0.0402. The van der Waals surface area contributed by atoms with Gasteiger partial charge in [0.1, 0.15) is 5.60 Å². The van der Waals surface area contributed by atoms with Gasteiger partial charge in [-0.15, -0.1) is 11.3 Å². The molecular formula is C22H32N4O4S. The summed E-state index contributed by atoms with van der Waals surface area (Å²) in [6.07, 6.45) is 4.35. The molecule has 0 aromatic carbocycles. The molecular weight excluding hydrogens is 416 g/mol. The van der Waals surface area contributed by atoms with Gasteiger partial charge in [-0.1, -0.05) is 6.42 Å². The maximum atomic E-state index is 13.0. The molecule has 1 saturated carbocycles. The first kappa shape index (κ1) is 22.0. The molecule has 1 N–H and O–H groups in total. The van der Waals surface area contributed by atoms with Crippen molar-refractivity contribution < 1.29 is 19.1 Å². The van der Waals surface area contributed by atoms with Crippen LogP contribution < -0.4 is 10.2 Å². The predicted molar refractivity (Wildman–Crippen MR) is 118 cm³/mol. The number of hydrogen-bond donors (Lipinski definition) is 1. The molecule has 0 spiro atoms. The Morgan fingerprint density at radius 1 is 1.26 bits per heavy atom. The second-order valence-electron chi connectivity index (χ2n) is 9.85. The Balaban J connectivity index is 1.34. The first-order valence-corrected chi connectivity index (χ1v) is 12.1. The third kappa shape index (κ3) is 5.19. The molecule has 170 valence electrons. The first-order chi connectivity index (χ1) is 14.7. The van der Waals surface area contributed by atoms with E-state index in [-0.39, 0.29) is 36.3 Å². The number of amides is 3. The van der Waals surface area contributed by atoms with Crippen LogP contribution in [0.2, 0.25) is 0 Å². The van der Waals surface area contributed by atoms with Gasteiger partial charge in [0, 0.05) is 43.4 Å². The number of fused-ring (bicyclic) bond motifs is 1. The van der Waals surface area contributed by atoms with E-state index in [0.29, 0.717) is 30.6 Å². The molecule has 2 saturated heterocycles. The quantitative estimate of drug-likeness (QED) is 0.765. The Morgan fingerprint density at radius 3 is 2.77 bits per heavy atom. The van der Waals surface area contributed by atoms with Crippen molar-refractivity contribution >= 4 is 34.4 Å². The zero-order chi connectivity index (χ0) is 22.2. The van der Waals surface area contributed by atoms with Crippen molar-refractivity contribution in [2.24, 2.45) is 11.8 Å². The van der Waals surface area contributed by atoms with Crippen LogP contribution in [0.15, 0.2) is 5.38 Å². The number of hydrogen-bond acceptors (Lipinski definition) is 6. The van der Waals surface area contributed by atoms with Crippen LogP contribution in [0.5, 0.6) is 0 Å². The Bertz CT molecular complexity index is 849. The number of anilines is 1. The second-order valence-corrected chi connectivity index (χ2v) is 10.7. The van der Waals surface area contributed by atoms with Crippen molar-refractivity contribution in [2.45, 2.75) is 70.9 Å². The van der Waals surface area contributed by atoms with Crippen molar-refractivity contribution in [1.29, 1.82) is 0 Å². The number of likely N-dealkylation sites (tertiary alicyclic amines) is 1. The van der Waals surface area contributed by atoms with E-state index >= 15 is 0 Å². The smallest absolute Gasteiger partial charge is 0.407 e. The Kier molecular flexibility index (Phi) is 6.23. The molecule has 3 amide bonds. The molecule has 1 aromatic heterocycles. The van der Waals surface area contributed by atoms with Crippen LogP contribution >= 0.6 is 11.3 Å². The molecule has 3 aliphatic rings. The number of alkyl carbamates (subject to hydrolysis) is 1. The molecule has 0 bridgehead atoms. The van der Waals surface area contributed by atoms with Crippen molar-refractivity contribution in [1.82, 2.24) is 15.2 Å². The van der Waals surface area contributed by atoms with Gasteiger partial charge >= 0.3 is 6.09 Å². The van der Waals surface area contributed by atoms with Crippen molar-refractivity contribution in [3.63, 3.8) is 0 Å². The van der Waals surface area contributed by atoms with Gasteiger partial charge in [-0.05, 0) is 46.0 Å². The van der Waals surface area contributed by atoms with Crippen molar-refractivity contribution in [3.8, 4) is 0 Å². The molecule has 3 atom stereocenters. The molecule has 4 rings (SSSR count). The lowest BCUT2D eigenvalue weighted by Gasteiger charge is -2.33. The highest BCUT2D eigenvalue weighted by atomic mass is 32.1. The Morgan fingerprint density at radius 2 is 2.06 bits per heavy atom. The molecule has 2 aliphatic heterocycles. The molecule has 0 radical (unpaired) electrons. The van der Waals surface area contributed by atoms with Crippen LogP contribution in [0.25, 0.3) is 0 Å². The fourth-order valence-electron chi connectivity index (χ4n) is 4.93. The first-order valence-electron chi connectivity index (χ1n) is 11.2. The van der Waals surface area contributed by atoms with E-state index in [1.54, 1.807) is 4.90 Å². The van der Waals surface area contributed by atoms with E-state index in [9.17, 15) is 14.4 Å². The molecule has 8 nitrogen and oxygen atoms in total. The molecule has 1 aliphatic carbocycles. The monoisotopic (exact) mass is 448 g/mol. The third-order valence-electron chi connectivity index (χ3n) is 6.33. The fourth-order valence-corrected chi connectivity index (χ4v) is 5.80. The zero-order valence-electron chi connectivity index (χ0n) is 18.6. The summed E-state index contributed by atoms with van der Waals surface area (Å²) >= 11 is 1.43. The van der Waals surface area contributed by atoms with Crippen LogP contribution in [-0.2, 0) is 20.7 Å². The molecule has 0 unspecified atom stereocenters. The van der Waals surface area contributed by atoms with E-state index in [4.69, 9.17) is 4.74 Å². The Hall–Kier alpha value is -2.16. The SMILES string of the molecule is CC(C)(C)OC(=O)N[C@@H]1CCC[C@@H]2CN(C(=O)Cc3csc(N4CCCC4=O)n3)C[C@@H]21. The number of nitrogens with zero attached hydrogens (tertiary/aromatic N) is 3. The molecule has 9 heteroatoms. The maximum Gasteiger partial charge on any atom is 0.407 e. The highest BCUT2D eigenvalue weighted by molar-refractivity contribution is 7.14. The summed E-state index contributed by atoms with van der Waals surface area (Å²) in [6.45, 7) is 7.67. The normalized spacial score (nSPS) is 26.2. The highest BCUT2D eigenvalue weighted by Crippen LogP contribution is 2.37. The van der Waals surface area contributed by atoms with Crippen LogP contribution in [-0.4, -0.2) is 59.1 Å². The largest absolute Gasteiger partial charge is 0.444 e. The second kappa shape index (κ2) is 8.76. The summed E-state index contributed by atoms with van der Waals surface area (Å²) in [7, 11) is 0. The summed E-state index contributed by atoms with van der Waals surface area (Å²) in [6, 6.07) is 0.0402. The standard InChI is InChI=1S/C22H32N4O4S/c1-22(2,3)30-21(29)24-17-7-4-6-14-11-25(12-16(14)17)19(28)10-15-13-31-20(23-15)26-9-5-8-18(26)27/h13-14,16-17H,4-12H2,1-3H3,(H,24,29)/t14-,16+,17-/m1/s1. The number of aromatic nitrogens is 1. The van der Waals surface area contributed by atoms with Crippen LogP contribution in [0.1, 0.15) is 58.6 Å². The van der Waals surface area contributed by atoms with Crippen LogP contribution in [0.3, 0.4) is 0 Å². The summed E-state index contributed by atoms with van der Waals surface area (Å²) in [5.74, 6) is 0.846. The number of nitrogens with one attached hydrogen (secondary N) is 1. The minimum atomic E-state index is -0.526. The maximum absolute atomic E-state index is 13.0. The minimum Gasteiger partial charge on any atom is -0.444 e. The average molecular weight is 449 g/mol. The van der Waals surface area contributed by atoms with Gasteiger partial charge in [-0.25, -0.2) is 9.78 Å². The summed E-state index contributed by atoms with van der Waals surface area (Å²) in [5.41, 5.74) is 0.199. The van der Waals surface area contributed by atoms with Gasteiger partial charge in [0.2, 0.25) is 11.8 Å². The van der Waals surface area contributed by atoms with Crippen molar-refractivity contribution in [3.05, 3.63) is 11.1 Å². The lowest BCUT2D eigenvalue weighted by Crippen LogP contribution is -2.47. The van der Waals surface area contributed by atoms with Gasteiger partial charge in [-0.2, -0.15) is 0 Å². The molecule has 31 heavy (non-hydrogen) atoms. The van der Waals surface area contributed by atoms with Gasteiger partial charge in [0.05, 0.1) is 12.1 Å². The zero-order valence-corrected chi connectivity index (χ0v) is 19.4. The summed E-state index contributed by atoms with van der Waals surface area (Å²) in [4.78, 5) is 45.3. The van der Waals surface area contributed by atoms with Crippen molar-refractivity contribution in [2.75, 3.05) is 24.5 Å². The van der Waals surface area contributed by atoms with E-state index < -0.39 is 5.60 Å². The highest BCUT2D eigenvalue weighted by Gasteiger charge is 2.42. The van der Waals surface area contributed by atoms with Gasteiger partial charge in [-0.3, -0.25) is 14.5 Å².